The van der Waals surface area contributed by atoms with E-state index in [-0.39, 0.29) is 18.9 Å². The molecule has 28 atom stereocenters. The van der Waals surface area contributed by atoms with Crippen molar-refractivity contribution in [3.8, 4) is 0 Å². The monoisotopic (exact) mass is 1350 g/mol. The topological polar surface area (TPSA) is 380 Å². The summed E-state index contributed by atoms with van der Waals surface area (Å²) in [6.07, 6.45) is -21.2. The molecule has 0 aromatic rings. The van der Waals surface area contributed by atoms with E-state index in [0.29, 0.717) is 32.1 Å². The summed E-state index contributed by atoms with van der Waals surface area (Å²) in [7, 11) is 0. The van der Waals surface area contributed by atoms with Crippen LogP contribution in [0.4, 0.5) is 0 Å². The van der Waals surface area contributed by atoms with Gasteiger partial charge in [0.05, 0.1) is 49.1 Å². The van der Waals surface area contributed by atoms with Gasteiger partial charge in [0, 0.05) is 18.9 Å². The van der Waals surface area contributed by atoms with Crippen molar-refractivity contribution in [2.75, 3.05) is 6.61 Å². The number of aliphatic hydroxyl groups is 9. The van der Waals surface area contributed by atoms with Gasteiger partial charge in [-0.1, -0.05) is 129 Å². The number of hydrogen-bond acceptors (Lipinski definition) is 27. The Morgan fingerprint density at radius 1 is 0.521 bits per heavy atom. The summed E-state index contributed by atoms with van der Waals surface area (Å²) >= 11 is 0. The maximum absolute atomic E-state index is 14.1. The second kappa shape index (κ2) is 40.2. The van der Waals surface area contributed by atoms with Gasteiger partial charge in [0.25, 0.3) is 0 Å². The minimum absolute atomic E-state index is 0.0362. The Labute approximate surface area is 553 Å². The van der Waals surface area contributed by atoms with Gasteiger partial charge in [-0.25, -0.2) is 4.79 Å². The Morgan fingerprint density at radius 3 is 1.71 bits per heavy atom. The highest BCUT2D eigenvalue weighted by molar-refractivity contribution is 5.82. The molecule has 0 saturated carbocycles. The third-order valence-corrected chi connectivity index (χ3v) is 18.8. The molecule has 6 rings (SSSR count). The second-order valence-electron chi connectivity index (χ2n) is 26.5. The van der Waals surface area contributed by atoms with Crippen molar-refractivity contribution in [3.05, 3.63) is 12.2 Å². The van der Waals surface area contributed by atoms with E-state index in [1.54, 1.807) is 13.8 Å². The number of unbranched alkanes of at least 4 members (excludes halogenated alkanes) is 10. The molecule has 9 N–H and O–H groups in total. The van der Waals surface area contributed by atoms with E-state index in [1.165, 1.54) is 40.7 Å². The van der Waals surface area contributed by atoms with Crippen LogP contribution in [0.25, 0.3) is 0 Å². The van der Waals surface area contributed by atoms with Gasteiger partial charge in [-0.3, -0.25) is 14.4 Å². The summed E-state index contributed by atoms with van der Waals surface area (Å²) < 4.78 is 88.0. The van der Waals surface area contributed by atoms with Crippen LogP contribution in [-0.4, -0.2) is 242 Å². The largest absolute Gasteiger partial charge is 0.455 e. The van der Waals surface area contributed by atoms with Crippen molar-refractivity contribution in [2.45, 2.75) is 376 Å². The van der Waals surface area contributed by atoms with Gasteiger partial charge in [-0.05, 0) is 74.1 Å². The molecule has 6 aliphatic heterocycles. The number of rotatable bonds is 27. The highest BCUT2D eigenvalue weighted by Gasteiger charge is 2.59. The zero-order valence-electron chi connectivity index (χ0n) is 56.7. The molecule has 0 aromatic heterocycles. The first kappa shape index (κ1) is 79.8. The Kier molecular flexibility index (Phi) is 34.1. The van der Waals surface area contributed by atoms with E-state index in [2.05, 4.69) is 13.8 Å². The zero-order chi connectivity index (χ0) is 68.8. The molecule has 6 saturated heterocycles. The predicted molar refractivity (Wildman–Crippen MR) is 332 cm³/mol. The van der Waals surface area contributed by atoms with E-state index in [0.717, 1.165) is 109 Å². The number of carbonyl (C=O) groups is 4. The van der Waals surface area contributed by atoms with Gasteiger partial charge in [0.1, 0.15) is 67.1 Å². The molecule has 0 amide bonds. The first-order chi connectivity index (χ1) is 44.9. The van der Waals surface area contributed by atoms with E-state index < -0.39 is 196 Å². The molecule has 0 spiro atoms. The molecule has 27 nitrogen and oxygen atoms in total. The standard InChI is InChI=1S/C67H114O27/c1-10-13-15-16-17-18-21-24-28-33-45(71)88-58-53(79)55(92-67-61(94-63-51(77)49(75)48(74)43(35-68)86-63)60(90-62(80)36(4)37(5)69)56(41(9)84-67)87-44(70)30-12-3)40(8)82-65(58)91-54-39(7)83-66-59(52(54)78)89-46(72)34-29-25-22-19-20-23-27-32-42(31-26-14-11-2)85-64-57(93-66)50(76)47(73)38(6)81-64/h12,30,36-43,47-61,63-69,73-79H,10-11,13-29,31-35H2,1-9H3/b30-12-/t36?,37?,38-,39+,40+,41+,42?,43-,47-,48-,49+,50+,51-,52-,53-,54+,55+,56+,57-,58-,59-,60-,61-,63+,64+,65+,66-,67+/m1/s1. The molecule has 94 heavy (non-hydrogen) atoms. The number of aliphatic hydroxyl groups excluding tert-OH is 9. The average molecular weight is 1350 g/mol. The fourth-order valence-electron chi connectivity index (χ4n) is 12.8. The van der Waals surface area contributed by atoms with E-state index in [9.17, 15) is 65.1 Å². The van der Waals surface area contributed by atoms with Crippen molar-refractivity contribution < 1.29 is 131 Å². The molecular formula is C67H114O27. The maximum Gasteiger partial charge on any atom is 0.330 e. The highest BCUT2D eigenvalue weighted by Crippen LogP contribution is 2.40. The van der Waals surface area contributed by atoms with E-state index in [4.69, 9.17) is 66.3 Å². The number of hydrogen-bond donors (Lipinski definition) is 9. The first-order valence-corrected chi connectivity index (χ1v) is 35.0. The maximum atomic E-state index is 14.1. The SMILES string of the molecule is C/C=C\C(=O)O[C@@H]1[C@@H](OC(=O)C(C)C(C)O)[C@@H](O[C@@H]2O[C@H](CO)[C@@H](O)[C@H](O)[C@H]2O)[C@H](O[C@@H]2[C@@H](O)[C@@H](OC(=O)CCCCCCCCCCC)[C@H](O[C@@H]3[C@@H](O)[C@H]4OC(=O)CCCCCCCCCC(CCCCC)O[C@@H]5O[C@H](C)[C@@H](O)[C@H](O)[C@H]5O[C@H]4O[C@H]3C)O[C@H]2C)O[C@H]1C. The van der Waals surface area contributed by atoms with Gasteiger partial charge >= 0.3 is 23.9 Å². The minimum atomic E-state index is -2.05. The fourth-order valence-corrected chi connectivity index (χ4v) is 12.8. The fraction of sp³-hybridized carbons (Fsp3) is 0.910. The van der Waals surface area contributed by atoms with Crippen LogP contribution in [0, 0.1) is 5.92 Å². The first-order valence-electron chi connectivity index (χ1n) is 35.0. The normalized spacial score (nSPS) is 39.8. The Morgan fingerprint density at radius 2 is 1.07 bits per heavy atom. The lowest BCUT2D eigenvalue weighted by Gasteiger charge is -2.50. The van der Waals surface area contributed by atoms with Crippen molar-refractivity contribution in [2.24, 2.45) is 5.92 Å². The summed E-state index contributed by atoms with van der Waals surface area (Å²) in [6, 6.07) is 0. The zero-order valence-corrected chi connectivity index (χ0v) is 56.7. The van der Waals surface area contributed by atoms with Crippen molar-refractivity contribution in [1.29, 1.82) is 0 Å². The minimum Gasteiger partial charge on any atom is -0.455 e. The van der Waals surface area contributed by atoms with Gasteiger partial charge in [-0.15, -0.1) is 0 Å². The molecule has 6 aliphatic rings. The smallest absolute Gasteiger partial charge is 0.330 e. The summed E-state index contributed by atoms with van der Waals surface area (Å²) in [5, 5.41) is 102. The van der Waals surface area contributed by atoms with Crippen LogP contribution < -0.4 is 0 Å². The Balaban J connectivity index is 1.34. The lowest BCUT2D eigenvalue weighted by Crippen LogP contribution is -2.68. The van der Waals surface area contributed by atoms with Crippen LogP contribution in [-0.2, 0) is 85.5 Å². The molecule has 3 unspecified atom stereocenters. The summed E-state index contributed by atoms with van der Waals surface area (Å²) in [6.45, 7) is 13.7. The van der Waals surface area contributed by atoms with Crippen LogP contribution in [0.3, 0.4) is 0 Å². The second-order valence-corrected chi connectivity index (χ2v) is 26.5. The summed E-state index contributed by atoms with van der Waals surface area (Å²) in [5.41, 5.74) is 0. The van der Waals surface area contributed by atoms with Crippen LogP contribution in [0.1, 0.15) is 210 Å². The Bertz CT molecular complexity index is 2240. The van der Waals surface area contributed by atoms with Crippen LogP contribution in [0.2, 0.25) is 0 Å². The molecular weight excluding hydrogens is 1240 g/mol. The number of fused-ring (bicyclic) bond motifs is 2. The number of ether oxygens (including phenoxy) is 14. The quantitative estimate of drug-likeness (QED) is 0.0238. The number of esters is 4. The molecule has 544 valence electrons. The Hall–Kier alpha value is -3.14. The van der Waals surface area contributed by atoms with Crippen molar-refractivity contribution in [1.82, 2.24) is 0 Å². The van der Waals surface area contributed by atoms with Gasteiger partial charge in [-0.2, -0.15) is 0 Å². The molecule has 0 aliphatic carbocycles. The number of carbonyl (C=O) groups excluding carboxylic acids is 4. The van der Waals surface area contributed by atoms with Crippen LogP contribution in [0.15, 0.2) is 12.2 Å². The summed E-state index contributed by atoms with van der Waals surface area (Å²) in [5.74, 6) is -4.62. The molecule has 0 bridgehead atoms. The molecule has 0 aromatic carbocycles. The number of allylic oxidation sites excluding steroid dienone is 1. The lowest BCUT2D eigenvalue weighted by atomic mass is 9.95. The van der Waals surface area contributed by atoms with Crippen LogP contribution in [0.5, 0.6) is 0 Å². The lowest BCUT2D eigenvalue weighted by molar-refractivity contribution is -0.395. The summed E-state index contributed by atoms with van der Waals surface area (Å²) in [4.78, 5) is 55.1. The van der Waals surface area contributed by atoms with E-state index >= 15 is 0 Å². The molecule has 27 heteroatoms. The molecule has 6 fully saturated rings. The van der Waals surface area contributed by atoms with Crippen molar-refractivity contribution in [3.63, 3.8) is 0 Å². The third-order valence-electron chi connectivity index (χ3n) is 18.8. The van der Waals surface area contributed by atoms with Gasteiger partial charge < -0.3 is 112 Å². The average Bonchev–Trinajstić information content (AvgIpc) is 0.772. The van der Waals surface area contributed by atoms with Crippen molar-refractivity contribution >= 4 is 23.9 Å². The van der Waals surface area contributed by atoms with Gasteiger partial charge in [0.15, 0.2) is 62.0 Å². The van der Waals surface area contributed by atoms with Gasteiger partial charge in [0.2, 0.25) is 0 Å². The van der Waals surface area contributed by atoms with Crippen LogP contribution >= 0.6 is 0 Å². The predicted octanol–water partition coefficient (Wildman–Crippen LogP) is 4.40. The highest BCUT2D eigenvalue weighted by atomic mass is 16.8. The van der Waals surface area contributed by atoms with E-state index in [1.807, 2.05) is 0 Å². The molecule has 0 radical (unpaired) electrons. The third kappa shape index (κ3) is 22.7. The molecule has 6 heterocycles.